The monoisotopic (exact) mass is 246 g/mol. The second kappa shape index (κ2) is 6.90. The highest BCUT2D eigenvalue weighted by atomic mass is 32.2. The van der Waals surface area contributed by atoms with E-state index in [0.29, 0.717) is 17.5 Å². The zero-order valence-electron chi connectivity index (χ0n) is 8.86. The van der Waals surface area contributed by atoms with Gasteiger partial charge in [-0.3, -0.25) is 0 Å². The molecule has 0 aliphatic heterocycles. The Morgan fingerprint density at radius 3 is 2.93 bits per heavy atom. The molecule has 4 nitrogen and oxygen atoms in total. The van der Waals surface area contributed by atoms with Gasteiger partial charge in [0.05, 0.1) is 5.75 Å². The number of rotatable bonds is 7. The minimum Gasteiger partial charge on any atom is -0.415 e. The fraction of sp³-hybridized carbons (Fsp3) is 0.667. The van der Waals surface area contributed by atoms with Crippen LogP contribution in [0.4, 0.5) is 0 Å². The molecular formula is C9H14N2O2S2. The SMILES string of the molecule is CSCc1nnc(SCCCC(C)=O)o1. The fourth-order valence-electron chi connectivity index (χ4n) is 0.959. The number of thioether (sulfide) groups is 2. The molecule has 0 aliphatic rings. The van der Waals surface area contributed by atoms with Crippen LogP contribution in [-0.4, -0.2) is 28.0 Å². The first kappa shape index (κ1) is 12.6. The highest BCUT2D eigenvalue weighted by Gasteiger charge is 2.05. The Hall–Kier alpha value is -0.490. The van der Waals surface area contributed by atoms with E-state index in [1.165, 1.54) is 11.8 Å². The minimum atomic E-state index is 0.226. The van der Waals surface area contributed by atoms with Crippen LogP contribution in [0.3, 0.4) is 0 Å². The van der Waals surface area contributed by atoms with Gasteiger partial charge in [-0.15, -0.1) is 10.2 Å². The summed E-state index contributed by atoms with van der Waals surface area (Å²) in [5, 5.41) is 8.39. The van der Waals surface area contributed by atoms with Crippen molar-refractivity contribution in [2.24, 2.45) is 0 Å². The van der Waals surface area contributed by atoms with E-state index >= 15 is 0 Å². The molecule has 1 aromatic rings. The Balaban J connectivity index is 2.22. The quantitative estimate of drug-likeness (QED) is 0.544. The molecule has 0 radical (unpaired) electrons. The lowest BCUT2D eigenvalue weighted by Gasteiger charge is -1.94. The fourth-order valence-corrected chi connectivity index (χ4v) is 2.04. The van der Waals surface area contributed by atoms with Crippen molar-refractivity contribution in [1.82, 2.24) is 10.2 Å². The average Bonchev–Trinajstić information content (AvgIpc) is 2.61. The van der Waals surface area contributed by atoms with Crippen molar-refractivity contribution in [2.45, 2.75) is 30.7 Å². The van der Waals surface area contributed by atoms with E-state index in [0.717, 1.165) is 17.9 Å². The third kappa shape index (κ3) is 5.22. The Labute approximate surface area is 97.6 Å². The summed E-state index contributed by atoms with van der Waals surface area (Å²) in [7, 11) is 0. The van der Waals surface area contributed by atoms with Crippen LogP contribution in [0.15, 0.2) is 9.64 Å². The number of carbonyl (C=O) groups excluding carboxylic acids is 1. The van der Waals surface area contributed by atoms with Gasteiger partial charge < -0.3 is 9.21 Å². The summed E-state index contributed by atoms with van der Waals surface area (Å²) in [6.07, 6.45) is 3.48. The Kier molecular flexibility index (Phi) is 5.78. The van der Waals surface area contributed by atoms with E-state index in [9.17, 15) is 4.79 Å². The smallest absolute Gasteiger partial charge is 0.276 e. The molecule has 6 heteroatoms. The van der Waals surface area contributed by atoms with E-state index in [1.807, 2.05) is 6.26 Å². The number of nitrogens with zero attached hydrogens (tertiary/aromatic N) is 2. The molecule has 0 bridgehead atoms. The molecule has 84 valence electrons. The molecule has 0 atom stereocenters. The van der Waals surface area contributed by atoms with Gasteiger partial charge in [-0.25, -0.2) is 0 Å². The zero-order valence-corrected chi connectivity index (χ0v) is 10.5. The molecule has 1 heterocycles. The van der Waals surface area contributed by atoms with Crippen LogP contribution in [0.5, 0.6) is 0 Å². The number of carbonyl (C=O) groups is 1. The first-order chi connectivity index (χ1) is 7.22. The van der Waals surface area contributed by atoms with Crippen molar-refractivity contribution in [3.8, 4) is 0 Å². The minimum absolute atomic E-state index is 0.226. The van der Waals surface area contributed by atoms with Crippen molar-refractivity contribution >= 4 is 29.3 Å². The van der Waals surface area contributed by atoms with Crippen molar-refractivity contribution in [2.75, 3.05) is 12.0 Å². The van der Waals surface area contributed by atoms with Gasteiger partial charge in [-0.2, -0.15) is 11.8 Å². The van der Waals surface area contributed by atoms with Gasteiger partial charge in [0.1, 0.15) is 5.78 Å². The van der Waals surface area contributed by atoms with Crippen molar-refractivity contribution < 1.29 is 9.21 Å². The first-order valence-corrected chi connectivity index (χ1v) is 7.04. The van der Waals surface area contributed by atoms with E-state index in [-0.39, 0.29) is 5.78 Å². The summed E-state index contributed by atoms with van der Waals surface area (Å²) in [5.74, 6) is 2.49. The number of hydrogen-bond donors (Lipinski definition) is 0. The lowest BCUT2D eigenvalue weighted by atomic mass is 10.3. The number of ketones is 1. The Morgan fingerprint density at radius 2 is 2.27 bits per heavy atom. The van der Waals surface area contributed by atoms with Crippen LogP contribution in [0.1, 0.15) is 25.7 Å². The van der Waals surface area contributed by atoms with Crippen molar-refractivity contribution in [1.29, 1.82) is 0 Å². The van der Waals surface area contributed by atoms with Gasteiger partial charge >= 0.3 is 0 Å². The highest BCUT2D eigenvalue weighted by Crippen LogP contribution is 2.19. The maximum absolute atomic E-state index is 10.7. The second-order valence-electron chi connectivity index (χ2n) is 3.05. The van der Waals surface area contributed by atoms with Crippen LogP contribution in [0.25, 0.3) is 0 Å². The van der Waals surface area contributed by atoms with Crippen LogP contribution < -0.4 is 0 Å². The third-order valence-electron chi connectivity index (χ3n) is 1.61. The normalized spacial score (nSPS) is 10.5. The predicted molar refractivity (Wildman–Crippen MR) is 62.2 cm³/mol. The van der Waals surface area contributed by atoms with Gasteiger partial charge in [0, 0.05) is 12.2 Å². The largest absolute Gasteiger partial charge is 0.415 e. The van der Waals surface area contributed by atoms with E-state index in [1.54, 1.807) is 18.7 Å². The summed E-state index contributed by atoms with van der Waals surface area (Å²) >= 11 is 3.16. The van der Waals surface area contributed by atoms with Gasteiger partial charge in [-0.05, 0) is 19.6 Å². The zero-order chi connectivity index (χ0) is 11.1. The summed E-state index contributed by atoms with van der Waals surface area (Å²) in [5.41, 5.74) is 0. The maximum atomic E-state index is 10.7. The van der Waals surface area contributed by atoms with Crippen molar-refractivity contribution in [3.63, 3.8) is 0 Å². The van der Waals surface area contributed by atoms with E-state index < -0.39 is 0 Å². The summed E-state index contributed by atoms with van der Waals surface area (Å²) in [6, 6.07) is 0. The Bertz CT molecular complexity index is 315. The summed E-state index contributed by atoms with van der Waals surface area (Å²) < 4.78 is 5.37. The van der Waals surface area contributed by atoms with Crippen LogP contribution >= 0.6 is 23.5 Å². The highest BCUT2D eigenvalue weighted by molar-refractivity contribution is 7.99. The predicted octanol–water partition coefficient (Wildman–Crippen LogP) is 2.39. The molecule has 0 aromatic carbocycles. The molecule has 15 heavy (non-hydrogen) atoms. The topological polar surface area (TPSA) is 56.0 Å². The van der Waals surface area contributed by atoms with Crippen LogP contribution in [0, 0.1) is 0 Å². The van der Waals surface area contributed by atoms with Gasteiger partial charge in [-0.1, -0.05) is 11.8 Å². The molecule has 0 fully saturated rings. The molecule has 1 rings (SSSR count). The lowest BCUT2D eigenvalue weighted by Crippen LogP contribution is -1.90. The molecule has 0 spiro atoms. The first-order valence-electron chi connectivity index (χ1n) is 4.66. The van der Waals surface area contributed by atoms with Gasteiger partial charge in [0.2, 0.25) is 5.89 Å². The molecule has 1 aromatic heterocycles. The second-order valence-corrected chi connectivity index (χ2v) is 4.96. The van der Waals surface area contributed by atoms with E-state index in [4.69, 9.17) is 4.42 Å². The molecule has 0 saturated carbocycles. The standard InChI is InChI=1S/C9H14N2O2S2/c1-7(12)4-3-5-15-9-11-10-8(13-9)6-14-2/h3-6H2,1-2H3. The number of aromatic nitrogens is 2. The molecule has 0 saturated heterocycles. The molecule has 0 amide bonds. The molecule has 0 unspecified atom stereocenters. The number of hydrogen-bond acceptors (Lipinski definition) is 6. The van der Waals surface area contributed by atoms with Crippen LogP contribution in [0.2, 0.25) is 0 Å². The molecule has 0 aliphatic carbocycles. The molecular weight excluding hydrogens is 232 g/mol. The molecule has 0 N–H and O–H groups in total. The van der Waals surface area contributed by atoms with Crippen LogP contribution in [-0.2, 0) is 10.5 Å². The number of Topliss-reactive ketones (excluding diaryl/α,β-unsaturated/α-hetero) is 1. The third-order valence-corrected chi connectivity index (χ3v) is 3.06. The summed E-state index contributed by atoms with van der Waals surface area (Å²) in [6.45, 7) is 1.61. The van der Waals surface area contributed by atoms with E-state index in [2.05, 4.69) is 10.2 Å². The maximum Gasteiger partial charge on any atom is 0.276 e. The average molecular weight is 246 g/mol. The van der Waals surface area contributed by atoms with Gasteiger partial charge in [0.15, 0.2) is 0 Å². The lowest BCUT2D eigenvalue weighted by molar-refractivity contribution is -0.117. The summed E-state index contributed by atoms with van der Waals surface area (Å²) in [4.78, 5) is 10.7. The van der Waals surface area contributed by atoms with Gasteiger partial charge in [0.25, 0.3) is 5.22 Å². The Morgan fingerprint density at radius 1 is 1.47 bits per heavy atom. The van der Waals surface area contributed by atoms with Crippen molar-refractivity contribution in [3.05, 3.63) is 5.89 Å².